The van der Waals surface area contributed by atoms with Crippen molar-refractivity contribution in [1.29, 1.82) is 0 Å². The molecule has 0 amide bonds. The fourth-order valence-electron chi connectivity index (χ4n) is 1.51. The van der Waals surface area contributed by atoms with Crippen LogP contribution in [0.2, 0.25) is 5.02 Å². The van der Waals surface area contributed by atoms with Crippen LogP contribution in [0.4, 0.5) is 5.82 Å². The van der Waals surface area contributed by atoms with E-state index in [1.165, 1.54) is 0 Å². The largest absolute Gasteiger partial charge is 0.353 e. The summed E-state index contributed by atoms with van der Waals surface area (Å²) >= 11 is 9.36. The molecule has 1 unspecified atom stereocenters. The molecule has 0 fully saturated rings. The molecular weight excluding hydrogens is 275 g/mol. The van der Waals surface area contributed by atoms with Gasteiger partial charge in [0.15, 0.2) is 0 Å². The molecule has 0 aromatic carbocycles. The maximum Gasteiger partial charge on any atom is 0.143 e. The molecule has 0 saturated carbocycles. The zero-order chi connectivity index (χ0) is 11.4. The lowest BCUT2D eigenvalue weighted by molar-refractivity contribution is 0.622. The van der Waals surface area contributed by atoms with Crippen molar-refractivity contribution in [3.63, 3.8) is 0 Å². The first-order valence-electron chi connectivity index (χ1n) is 5.17. The highest BCUT2D eigenvalue weighted by Crippen LogP contribution is 2.28. The molecule has 4 heteroatoms. The van der Waals surface area contributed by atoms with E-state index in [2.05, 4.69) is 46.6 Å². The highest BCUT2D eigenvalue weighted by molar-refractivity contribution is 9.10. The summed E-state index contributed by atoms with van der Waals surface area (Å²) in [7, 11) is 0. The van der Waals surface area contributed by atoms with Crippen LogP contribution in [0, 0.1) is 0 Å². The first-order chi connectivity index (χ1) is 7.10. The van der Waals surface area contributed by atoms with E-state index in [4.69, 9.17) is 11.6 Å². The van der Waals surface area contributed by atoms with Crippen molar-refractivity contribution in [3.8, 4) is 0 Å². The lowest BCUT2D eigenvalue weighted by atomic mass is 10.2. The highest BCUT2D eigenvalue weighted by atomic mass is 79.9. The summed E-state index contributed by atoms with van der Waals surface area (Å²) in [6, 6.07) is 2.37. The van der Waals surface area contributed by atoms with Gasteiger partial charge < -0.3 is 4.90 Å². The van der Waals surface area contributed by atoms with Gasteiger partial charge in [0.1, 0.15) is 5.82 Å². The van der Waals surface area contributed by atoms with Crippen LogP contribution in [0.5, 0.6) is 0 Å². The normalized spacial score (nSPS) is 12.6. The van der Waals surface area contributed by atoms with Crippen LogP contribution in [0.1, 0.15) is 27.2 Å². The average Bonchev–Trinajstić information content (AvgIpc) is 2.21. The quantitative estimate of drug-likeness (QED) is 0.829. The van der Waals surface area contributed by atoms with Crippen molar-refractivity contribution < 1.29 is 0 Å². The van der Waals surface area contributed by atoms with Gasteiger partial charge in [0, 0.05) is 18.8 Å². The van der Waals surface area contributed by atoms with Crippen LogP contribution < -0.4 is 4.90 Å². The summed E-state index contributed by atoms with van der Waals surface area (Å²) in [5, 5.41) is 0.658. The van der Waals surface area contributed by atoms with Gasteiger partial charge in [-0.25, -0.2) is 4.98 Å². The Kier molecular flexibility index (Phi) is 4.87. The van der Waals surface area contributed by atoms with Crippen molar-refractivity contribution in [2.75, 3.05) is 11.4 Å². The summed E-state index contributed by atoms with van der Waals surface area (Å²) in [5.74, 6) is 0.969. The van der Waals surface area contributed by atoms with Crippen LogP contribution >= 0.6 is 27.5 Å². The van der Waals surface area contributed by atoms with Gasteiger partial charge in [0.2, 0.25) is 0 Å². The molecule has 0 saturated heterocycles. The molecule has 0 aliphatic heterocycles. The zero-order valence-electron chi connectivity index (χ0n) is 9.30. The second-order valence-corrected chi connectivity index (χ2v) is 4.79. The molecule has 0 aliphatic rings. The Morgan fingerprint density at radius 3 is 2.67 bits per heavy atom. The first kappa shape index (κ1) is 12.8. The van der Waals surface area contributed by atoms with Crippen molar-refractivity contribution >= 4 is 33.3 Å². The molecule has 0 radical (unpaired) electrons. The molecule has 0 aliphatic carbocycles. The molecule has 0 bridgehead atoms. The SMILES string of the molecule is CCC(C)N(CC)c1ncc(Cl)cc1Br. The van der Waals surface area contributed by atoms with Gasteiger partial charge in [-0.05, 0) is 42.3 Å². The third-order valence-electron chi connectivity index (χ3n) is 2.52. The number of halogens is 2. The topological polar surface area (TPSA) is 16.1 Å². The fourth-order valence-corrected chi connectivity index (χ4v) is 2.38. The van der Waals surface area contributed by atoms with Crippen LogP contribution in [-0.4, -0.2) is 17.6 Å². The number of aromatic nitrogens is 1. The highest BCUT2D eigenvalue weighted by Gasteiger charge is 2.15. The minimum absolute atomic E-state index is 0.486. The summed E-state index contributed by atoms with van der Waals surface area (Å²) in [6.07, 6.45) is 2.79. The minimum Gasteiger partial charge on any atom is -0.353 e. The molecule has 15 heavy (non-hydrogen) atoms. The number of hydrogen-bond acceptors (Lipinski definition) is 2. The zero-order valence-corrected chi connectivity index (χ0v) is 11.6. The van der Waals surface area contributed by atoms with Crippen molar-refractivity contribution in [1.82, 2.24) is 4.98 Å². The summed E-state index contributed by atoms with van der Waals surface area (Å²) < 4.78 is 0.956. The van der Waals surface area contributed by atoms with Crippen LogP contribution in [0.3, 0.4) is 0 Å². The van der Waals surface area contributed by atoms with E-state index < -0.39 is 0 Å². The number of hydrogen-bond donors (Lipinski definition) is 0. The van der Waals surface area contributed by atoms with Crippen molar-refractivity contribution in [2.45, 2.75) is 33.2 Å². The molecule has 2 nitrogen and oxygen atoms in total. The van der Waals surface area contributed by atoms with E-state index in [9.17, 15) is 0 Å². The lowest BCUT2D eigenvalue weighted by Gasteiger charge is -2.29. The van der Waals surface area contributed by atoms with Gasteiger partial charge in [0.05, 0.1) is 9.50 Å². The van der Waals surface area contributed by atoms with Gasteiger partial charge in [-0.15, -0.1) is 0 Å². The molecule has 1 aromatic heterocycles. The van der Waals surface area contributed by atoms with Crippen LogP contribution in [0.25, 0.3) is 0 Å². The number of pyridine rings is 1. The lowest BCUT2D eigenvalue weighted by Crippen LogP contribution is -2.33. The Bertz CT molecular complexity index is 330. The maximum absolute atomic E-state index is 5.87. The van der Waals surface area contributed by atoms with E-state index in [1.807, 2.05) is 6.07 Å². The van der Waals surface area contributed by atoms with Gasteiger partial charge in [-0.3, -0.25) is 0 Å². The second kappa shape index (κ2) is 5.71. The molecule has 1 heterocycles. The molecule has 1 aromatic rings. The van der Waals surface area contributed by atoms with Crippen molar-refractivity contribution in [2.24, 2.45) is 0 Å². The Morgan fingerprint density at radius 2 is 2.20 bits per heavy atom. The average molecular weight is 292 g/mol. The summed E-state index contributed by atoms with van der Waals surface area (Å²) in [5.41, 5.74) is 0. The molecule has 1 atom stereocenters. The molecule has 1 rings (SSSR count). The molecule has 84 valence electrons. The fraction of sp³-hybridized carbons (Fsp3) is 0.545. The second-order valence-electron chi connectivity index (χ2n) is 3.50. The number of rotatable bonds is 4. The van der Waals surface area contributed by atoms with Crippen LogP contribution in [-0.2, 0) is 0 Å². The third kappa shape index (κ3) is 3.08. The van der Waals surface area contributed by atoms with E-state index in [-0.39, 0.29) is 0 Å². The standard InChI is InChI=1S/C11H16BrClN2/c1-4-8(3)15(5-2)11-10(12)6-9(13)7-14-11/h6-8H,4-5H2,1-3H3. The van der Waals surface area contributed by atoms with E-state index >= 15 is 0 Å². The molecule has 0 N–H and O–H groups in total. The summed E-state index contributed by atoms with van der Waals surface area (Å²) in [6.45, 7) is 7.46. The minimum atomic E-state index is 0.486. The Hall–Kier alpha value is -0.280. The van der Waals surface area contributed by atoms with E-state index in [0.29, 0.717) is 11.1 Å². The van der Waals surface area contributed by atoms with Crippen LogP contribution in [0.15, 0.2) is 16.7 Å². The van der Waals surface area contributed by atoms with E-state index in [1.54, 1.807) is 6.20 Å². The van der Waals surface area contributed by atoms with Gasteiger partial charge in [0.25, 0.3) is 0 Å². The smallest absolute Gasteiger partial charge is 0.143 e. The van der Waals surface area contributed by atoms with E-state index in [0.717, 1.165) is 23.3 Å². The Labute approximate surface area is 105 Å². The molecular formula is C11H16BrClN2. The Balaban J connectivity index is 3.01. The number of anilines is 1. The first-order valence-corrected chi connectivity index (χ1v) is 6.34. The predicted molar refractivity (Wildman–Crippen MR) is 69.7 cm³/mol. The predicted octanol–water partition coefficient (Wildman–Crippen LogP) is 4.12. The van der Waals surface area contributed by atoms with Gasteiger partial charge in [-0.2, -0.15) is 0 Å². The maximum atomic E-state index is 5.87. The molecule has 0 spiro atoms. The third-order valence-corrected chi connectivity index (χ3v) is 3.31. The summed E-state index contributed by atoms with van der Waals surface area (Å²) in [4.78, 5) is 6.63. The van der Waals surface area contributed by atoms with Crippen molar-refractivity contribution in [3.05, 3.63) is 21.8 Å². The van der Waals surface area contributed by atoms with Gasteiger partial charge >= 0.3 is 0 Å². The Morgan fingerprint density at radius 1 is 1.53 bits per heavy atom. The monoisotopic (exact) mass is 290 g/mol. The van der Waals surface area contributed by atoms with Gasteiger partial charge in [-0.1, -0.05) is 18.5 Å². The number of nitrogens with zero attached hydrogens (tertiary/aromatic N) is 2.